The molecule has 2 aliphatic rings. The minimum Gasteiger partial charge on any atom is -0.379 e. The lowest BCUT2D eigenvalue weighted by Gasteiger charge is -2.26. The van der Waals surface area contributed by atoms with E-state index in [2.05, 4.69) is 15.5 Å². The molecular formula is C25H35N5O5. The lowest BCUT2D eigenvalue weighted by atomic mass is 10.1. The molecule has 1 aromatic heterocycles. The van der Waals surface area contributed by atoms with E-state index in [1.165, 1.54) is 9.13 Å². The minimum atomic E-state index is -0.725. The van der Waals surface area contributed by atoms with E-state index in [1.54, 1.807) is 13.1 Å². The summed E-state index contributed by atoms with van der Waals surface area (Å²) in [5.74, 6) is -0.788. The Morgan fingerprint density at radius 2 is 1.89 bits per heavy atom. The normalized spacial score (nSPS) is 19.2. The number of imidazole rings is 1. The number of aryl methyl sites for hydroxylation is 1. The molecule has 35 heavy (non-hydrogen) atoms. The maximum atomic E-state index is 13.0. The number of aromatic nitrogens is 2. The summed E-state index contributed by atoms with van der Waals surface area (Å²) < 4.78 is 8.33. The van der Waals surface area contributed by atoms with Gasteiger partial charge in [-0.1, -0.05) is 25.0 Å². The maximum absolute atomic E-state index is 13.0. The smallest absolute Gasteiger partial charge is 0.329 e. The number of ether oxygens (including phenoxy) is 1. The summed E-state index contributed by atoms with van der Waals surface area (Å²) in [5.41, 5.74) is 1.81. The van der Waals surface area contributed by atoms with Crippen LogP contribution in [0.2, 0.25) is 0 Å². The molecule has 0 bridgehead atoms. The number of para-hydroxylation sites is 1. The zero-order valence-electron chi connectivity index (χ0n) is 20.4. The van der Waals surface area contributed by atoms with Crippen molar-refractivity contribution in [1.82, 2.24) is 24.7 Å². The van der Waals surface area contributed by atoms with Crippen LogP contribution in [-0.2, 0) is 32.7 Å². The van der Waals surface area contributed by atoms with Gasteiger partial charge in [-0.3, -0.25) is 33.7 Å². The van der Waals surface area contributed by atoms with E-state index in [0.29, 0.717) is 24.0 Å². The van der Waals surface area contributed by atoms with Gasteiger partial charge in [0.05, 0.1) is 24.2 Å². The van der Waals surface area contributed by atoms with E-state index in [0.717, 1.165) is 64.1 Å². The van der Waals surface area contributed by atoms with Gasteiger partial charge in [0.25, 0.3) is 0 Å². The second kappa shape index (κ2) is 11.6. The number of hydrogen-bond donors (Lipinski definition) is 2. The van der Waals surface area contributed by atoms with Gasteiger partial charge in [0.2, 0.25) is 17.7 Å². The topological polar surface area (TPSA) is 115 Å². The summed E-state index contributed by atoms with van der Waals surface area (Å²) in [7, 11) is 1.66. The number of morpholine rings is 1. The first-order chi connectivity index (χ1) is 17.0. The fourth-order valence-corrected chi connectivity index (χ4v) is 4.97. The number of carbonyl (C=O) groups is 3. The van der Waals surface area contributed by atoms with Gasteiger partial charge >= 0.3 is 5.69 Å². The second-order valence-corrected chi connectivity index (χ2v) is 9.36. The number of hydrogen-bond acceptors (Lipinski definition) is 6. The van der Waals surface area contributed by atoms with Gasteiger partial charge < -0.3 is 10.1 Å². The minimum absolute atomic E-state index is 0.00946. The highest BCUT2D eigenvalue weighted by molar-refractivity contribution is 6.00. The van der Waals surface area contributed by atoms with Crippen LogP contribution in [0, 0.1) is 0 Å². The fraction of sp³-hybridized carbons (Fsp3) is 0.600. The predicted octanol–water partition coefficient (Wildman–Crippen LogP) is 1.22. The van der Waals surface area contributed by atoms with Gasteiger partial charge in [-0.15, -0.1) is 0 Å². The molecule has 10 nitrogen and oxygen atoms in total. The number of fused-ring (bicyclic) bond motifs is 1. The molecule has 3 heterocycles. The molecule has 0 aliphatic carbocycles. The molecule has 1 aromatic carbocycles. The van der Waals surface area contributed by atoms with E-state index in [9.17, 15) is 19.2 Å². The number of unbranched alkanes of at least 4 members (excludes halogenated alkanes) is 3. The third kappa shape index (κ3) is 5.99. The number of nitrogens with one attached hydrogen (secondary N) is 2. The van der Waals surface area contributed by atoms with Gasteiger partial charge in [0.1, 0.15) is 6.04 Å². The molecule has 0 saturated carbocycles. The van der Waals surface area contributed by atoms with Crippen molar-refractivity contribution in [2.75, 3.05) is 32.8 Å². The van der Waals surface area contributed by atoms with Gasteiger partial charge in [0, 0.05) is 39.5 Å². The highest BCUT2D eigenvalue weighted by Crippen LogP contribution is 2.25. The van der Waals surface area contributed by atoms with Crippen molar-refractivity contribution in [2.24, 2.45) is 7.05 Å². The largest absolute Gasteiger partial charge is 0.379 e. The van der Waals surface area contributed by atoms with Crippen molar-refractivity contribution >= 4 is 28.8 Å². The maximum Gasteiger partial charge on any atom is 0.329 e. The van der Waals surface area contributed by atoms with E-state index < -0.39 is 11.9 Å². The highest BCUT2D eigenvalue weighted by atomic mass is 16.5. The second-order valence-electron chi connectivity index (χ2n) is 9.36. The highest BCUT2D eigenvalue weighted by Gasteiger charge is 2.31. The molecule has 2 N–H and O–H groups in total. The Hall–Kier alpha value is -2.98. The molecular weight excluding hydrogens is 450 g/mol. The van der Waals surface area contributed by atoms with Gasteiger partial charge in [-0.2, -0.15) is 0 Å². The summed E-state index contributed by atoms with van der Waals surface area (Å²) in [4.78, 5) is 51.8. The molecule has 2 saturated heterocycles. The van der Waals surface area contributed by atoms with Crippen molar-refractivity contribution in [3.05, 3.63) is 34.2 Å². The molecule has 2 aromatic rings. The van der Waals surface area contributed by atoms with Crippen LogP contribution < -0.4 is 16.3 Å². The first kappa shape index (κ1) is 25.1. The Bertz CT molecular complexity index is 1130. The summed E-state index contributed by atoms with van der Waals surface area (Å²) in [6.07, 6.45) is 5.09. The molecule has 10 heteroatoms. The van der Waals surface area contributed by atoms with Gasteiger partial charge in [-0.05, 0) is 37.4 Å². The number of imide groups is 1. The molecule has 2 aliphatic heterocycles. The Morgan fingerprint density at radius 1 is 1.11 bits per heavy atom. The van der Waals surface area contributed by atoms with E-state index in [4.69, 9.17) is 4.74 Å². The number of nitrogens with zero attached hydrogens (tertiary/aromatic N) is 3. The predicted molar refractivity (Wildman–Crippen MR) is 131 cm³/mol. The van der Waals surface area contributed by atoms with Crippen LogP contribution in [-0.4, -0.2) is 64.6 Å². The Labute approximate surface area is 204 Å². The Morgan fingerprint density at radius 3 is 2.66 bits per heavy atom. The van der Waals surface area contributed by atoms with E-state index >= 15 is 0 Å². The molecule has 1 unspecified atom stereocenters. The fourth-order valence-electron chi connectivity index (χ4n) is 4.97. The van der Waals surface area contributed by atoms with Crippen LogP contribution in [0.3, 0.4) is 0 Å². The first-order valence-electron chi connectivity index (χ1n) is 12.5. The van der Waals surface area contributed by atoms with Crippen molar-refractivity contribution in [2.45, 2.75) is 57.5 Å². The summed E-state index contributed by atoms with van der Waals surface area (Å²) in [6, 6.07) is 4.77. The number of carbonyl (C=O) groups excluding carboxylic acids is 3. The third-order valence-corrected chi connectivity index (χ3v) is 6.92. The van der Waals surface area contributed by atoms with Crippen LogP contribution in [0.25, 0.3) is 11.0 Å². The molecule has 3 amide bonds. The summed E-state index contributed by atoms with van der Waals surface area (Å²) >= 11 is 0. The average Bonchev–Trinajstić information content (AvgIpc) is 3.11. The molecule has 2 fully saturated rings. The standard InChI is InChI=1S/C25H35N5O5/c1-28-23-18(17-26-21(31)9-4-2-3-5-12-29-13-15-35-16-14-29)7-6-8-19(23)30(25(28)34)20-10-11-22(32)27-24(20)33/h6-8,20H,2-5,9-17H2,1H3,(H,26,31)(H,27,32,33). The monoisotopic (exact) mass is 485 g/mol. The summed E-state index contributed by atoms with van der Waals surface area (Å²) in [5, 5.41) is 5.30. The first-order valence-corrected chi connectivity index (χ1v) is 12.5. The van der Waals surface area contributed by atoms with Crippen molar-refractivity contribution in [1.29, 1.82) is 0 Å². The van der Waals surface area contributed by atoms with E-state index in [-0.39, 0.29) is 30.3 Å². The molecule has 1 atom stereocenters. The Kier molecular flexibility index (Phi) is 8.35. The molecule has 4 rings (SSSR count). The number of piperidine rings is 1. The number of rotatable bonds is 10. The van der Waals surface area contributed by atoms with E-state index in [1.807, 2.05) is 12.1 Å². The number of benzene rings is 1. The quantitative estimate of drug-likeness (QED) is 0.386. The molecule has 0 radical (unpaired) electrons. The zero-order chi connectivity index (χ0) is 24.8. The van der Waals surface area contributed by atoms with Crippen molar-refractivity contribution < 1.29 is 19.1 Å². The SMILES string of the molecule is Cn1c(=O)n(C2CCC(=O)NC2=O)c2cccc(CNC(=O)CCCCCCN3CCOCC3)c21. The third-order valence-electron chi connectivity index (χ3n) is 6.92. The van der Waals surface area contributed by atoms with Crippen molar-refractivity contribution in [3.63, 3.8) is 0 Å². The van der Waals surface area contributed by atoms with Crippen molar-refractivity contribution in [3.8, 4) is 0 Å². The van der Waals surface area contributed by atoms with Crippen LogP contribution >= 0.6 is 0 Å². The molecule has 0 spiro atoms. The number of amides is 3. The lowest BCUT2D eigenvalue weighted by Crippen LogP contribution is -2.44. The van der Waals surface area contributed by atoms with Crippen LogP contribution in [0.1, 0.15) is 56.6 Å². The Balaban J connectivity index is 1.30. The summed E-state index contributed by atoms with van der Waals surface area (Å²) in [6.45, 7) is 5.07. The van der Waals surface area contributed by atoms with Crippen LogP contribution in [0.4, 0.5) is 0 Å². The van der Waals surface area contributed by atoms with Gasteiger partial charge in [0.15, 0.2) is 0 Å². The van der Waals surface area contributed by atoms with Crippen LogP contribution in [0.5, 0.6) is 0 Å². The van der Waals surface area contributed by atoms with Crippen LogP contribution in [0.15, 0.2) is 23.0 Å². The zero-order valence-corrected chi connectivity index (χ0v) is 20.4. The molecule has 190 valence electrons. The van der Waals surface area contributed by atoms with Gasteiger partial charge in [-0.25, -0.2) is 4.79 Å². The average molecular weight is 486 g/mol. The lowest BCUT2D eigenvalue weighted by molar-refractivity contribution is -0.135.